The van der Waals surface area contributed by atoms with Crippen LogP contribution in [0.25, 0.3) is 0 Å². The number of nitrogen functional groups attached to an aromatic ring is 1. The molecule has 0 aromatic heterocycles. The van der Waals surface area contributed by atoms with Gasteiger partial charge in [0, 0.05) is 12.2 Å². The van der Waals surface area contributed by atoms with Crippen LogP contribution in [-0.2, 0) is 36.2 Å². The van der Waals surface area contributed by atoms with Gasteiger partial charge in [-0.3, -0.25) is 4.55 Å². The molecular formula is C18H24N2O8S3. The molecule has 0 aliphatic carbocycles. The van der Waals surface area contributed by atoms with Gasteiger partial charge in [0.15, 0.2) is 19.7 Å². The second kappa shape index (κ2) is 9.96. The standard InChI is InChI=1S/C18H24N2O8S3/c19-15-5-6-16(18(13-15)30(24,25)11-12-31(26,27)28)20-8-7-14-3-1-2-4-17(14)29(22,23)10-9-21/h1-6,13,20-21H,7-12,19H2,(H,26,27,28). The second-order valence-electron chi connectivity index (χ2n) is 6.69. The largest absolute Gasteiger partial charge is 0.399 e. The van der Waals surface area contributed by atoms with Crippen molar-refractivity contribution in [3.05, 3.63) is 48.0 Å². The number of aliphatic hydroxyl groups is 1. The zero-order valence-electron chi connectivity index (χ0n) is 16.4. The fraction of sp³-hybridized carbons (Fsp3) is 0.333. The van der Waals surface area contributed by atoms with Crippen molar-refractivity contribution in [1.29, 1.82) is 0 Å². The number of benzene rings is 2. The quantitative estimate of drug-likeness (QED) is 0.252. The summed E-state index contributed by atoms with van der Waals surface area (Å²) in [5, 5.41) is 11.9. The van der Waals surface area contributed by atoms with Gasteiger partial charge in [-0.05, 0) is 36.2 Å². The van der Waals surface area contributed by atoms with E-state index in [0.29, 0.717) is 5.56 Å². The zero-order valence-corrected chi connectivity index (χ0v) is 18.9. The molecule has 0 aliphatic heterocycles. The Hall–Kier alpha value is -2.19. The van der Waals surface area contributed by atoms with Crippen LogP contribution in [-0.4, -0.2) is 65.3 Å². The molecule has 0 saturated heterocycles. The molecule has 0 amide bonds. The van der Waals surface area contributed by atoms with Crippen LogP contribution in [0.3, 0.4) is 0 Å². The van der Waals surface area contributed by atoms with Gasteiger partial charge in [0.25, 0.3) is 10.1 Å². The van der Waals surface area contributed by atoms with E-state index >= 15 is 0 Å². The number of hydrogen-bond donors (Lipinski definition) is 4. The van der Waals surface area contributed by atoms with Gasteiger partial charge in [0.2, 0.25) is 0 Å². The average Bonchev–Trinajstić information content (AvgIpc) is 2.67. The van der Waals surface area contributed by atoms with E-state index in [-0.39, 0.29) is 34.1 Å². The van der Waals surface area contributed by atoms with E-state index in [1.54, 1.807) is 18.2 Å². The molecule has 5 N–H and O–H groups in total. The van der Waals surface area contributed by atoms with Crippen molar-refractivity contribution in [2.24, 2.45) is 0 Å². The lowest BCUT2D eigenvalue weighted by molar-refractivity contribution is 0.319. The maximum absolute atomic E-state index is 12.6. The highest BCUT2D eigenvalue weighted by Gasteiger charge is 2.22. The predicted molar refractivity (Wildman–Crippen MR) is 117 cm³/mol. The lowest BCUT2D eigenvalue weighted by atomic mass is 10.1. The summed E-state index contributed by atoms with van der Waals surface area (Å²) in [7, 11) is -12.2. The molecule has 0 bridgehead atoms. The summed E-state index contributed by atoms with van der Waals surface area (Å²) >= 11 is 0. The summed E-state index contributed by atoms with van der Waals surface area (Å²) in [4.78, 5) is -0.138. The maximum atomic E-state index is 12.6. The van der Waals surface area contributed by atoms with Crippen molar-refractivity contribution in [2.75, 3.05) is 41.5 Å². The average molecular weight is 493 g/mol. The summed E-state index contributed by atoms with van der Waals surface area (Å²) in [6.07, 6.45) is 0.232. The summed E-state index contributed by atoms with van der Waals surface area (Å²) in [5.74, 6) is -2.20. The third-order valence-electron chi connectivity index (χ3n) is 4.33. The van der Waals surface area contributed by atoms with Crippen LogP contribution in [0.4, 0.5) is 11.4 Å². The molecule has 0 aliphatic rings. The van der Waals surface area contributed by atoms with Crippen molar-refractivity contribution >= 4 is 41.2 Å². The van der Waals surface area contributed by atoms with Crippen molar-refractivity contribution in [1.82, 2.24) is 0 Å². The van der Waals surface area contributed by atoms with Crippen molar-refractivity contribution in [3.8, 4) is 0 Å². The Labute approximate surface area is 181 Å². The Morgan fingerprint density at radius 2 is 1.48 bits per heavy atom. The van der Waals surface area contributed by atoms with Crippen LogP contribution in [0.15, 0.2) is 52.3 Å². The van der Waals surface area contributed by atoms with Crippen LogP contribution in [0, 0.1) is 0 Å². The van der Waals surface area contributed by atoms with Gasteiger partial charge in [-0.2, -0.15) is 8.42 Å². The second-order valence-corrected chi connectivity index (χ2v) is 12.4. The molecule has 172 valence electrons. The highest BCUT2D eigenvalue weighted by Crippen LogP contribution is 2.26. The molecule has 0 fully saturated rings. The topological polar surface area (TPSA) is 181 Å². The third kappa shape index (κ3) is 7.18. The van der Waals surface area contributed by atoms with Gasteiger partial charge in [0.05, 0.1) is 39.3 Å². The van der Waals surface area contributed by atoms with Gasteiger partial charge >= 0.3 is 0 Å². The van der Waals surface area contributed by atoms with Gasteiger partial charge in [-0.25, -0.2) is 16.8 Å². The predicted octanol–water partition coefficient (Wildman–Crippen LogP) is 0.351. The van der Waals surface area contributed by atoms with Gasteiger partial charge in [-0.1, -0.05) is 18.2 Å². The fourth-order valence-corrected chi connectivity index (χ4v) is 6.89. The molecule has 0 heterocycles. The van der Waals surface area contributed by atoms with E-state index in [1.165, 1.54) is 24.3 Å². The molecule has 2 aromatic rings. The first-order valence-corrected chi connectivity index (χ1v) is 14.0. The molecule has 0 radical (unpaired) electrons. The molecule has 13 heteroatoms. The van der Waals surface area contributed by atoms with Crippen LogP contribution >= 0.6 is 0 Å². The van der Waals surface area contributed by atoms with E-state index in [2.05, 4.69) is 5.32 Å². The van der Waals surface area contributed by atoms with Crippen LogP contribution in [0.5, 0.6) is 0 Å². The molecule has 2 rings (SSSR count). The monoisotopic (exact) mass is 492 g/mol. The minimum atomic E-state index is -4.47. The number of nitrogens with one attached hydrogen (secondary N) is 1. The molecular weight excluding hydrogens is 468 g/mol. The molecule has 2 aromatic carbocycles. The van der Waals surface area contributed by atoms with Gasteiger partial charge < -0.3 is 16.2 Å². The Morgan fingerprint density at radius 3 is 2.13 bits per heavy atom. The number of nitrogens with two attached hydrogens (primary N) is 1. The Bertz CT molecular complexity index is 1240. The highest BCUT2D eigenvalue weighted by atomic mass is 32.2. The first kappa shape index (κ1) is 25.1. The number of hydrogen-bond acceptors (Lipinski definition) is 9. The molecule has 10 nitrogen and oxygen atoms in total. The van der Waals surface area contributed by atoms with Gasteiger partial charge in [0.1, 0.15) is 0 Å². The van der Waals surface area contributed by atoms with Crippen LogP contribution in [0.2, 0.25) is 0 Å². The highest BCUT2D eigenvalue weighted by molar-refractivity contribution is 7.93. The maximum Gasteiger partial charge on any atom is 0.265 e. The normalized spacial score (nSPS) is 12.6. The number of sulfone groups is 2. The van der Waals surface area contributed by atoms with Crippen LogP contribution in [0.1, 0.15) is 5.56 Å². The van der Waals surface area contributed by atoms with E-state index < -0.39 is 53.7 Å². The third-order valence-corrected chi connectivity index (χ3v) is 8.84. The Morgan fingerprint density at radius 1 is 0.839 bits per heavy atom. The van der Waals surface area contributed by atoms with E-state index in [1.807, 2.05) is 0 Å². The lowest BCUT2D eigenvalue weighted by Crippen LogP contribution is -2.19. The van der Waals surface area contributed by atoms with Crippen molar-refractivity contribution in [3.63, 3.8) is 0 Å². The number of rotatable bonds is 11. The Balaban J connectivity index is 2.23. The molecule has 0 atom stereocenters. The van der Waals surface area contributed by atoms with Crippen LogP contribution < -0.4 is 11.1 Å². The molecule has 0 unspecified atom stereocenters. The molecule has 0 spiro atoms. The first-order valence-electron chi connectivity index (χ1n) is 9.08. The molecule has 0 saturated carbocycles. The summed E-state index contributed by atoms with van der Waals surface area (Å²) in [6.45, 7) is -0.346. The minimum absolute atomic E-state index is 0.0872. The van der Waals surface area contributed by atoms with Gasteiger partial charge in [-0.15, -0.1) is 0 Å². The Kier molecular flexibility index (Phi) is 8.05. The first-order chi connectivity index (χ1) is 14.4. The zero-order chi connectivity index (χ0) is 23.3. The number of anilines is 2. The SMILES string of the molecule is Nc1ccc(NCCc2ccccc2S(=O)(=O)CCO)c(S(=O)(=O)CCS(=O)(=O)O)c1. The number of aliphatic hydroxyl groups excluding tert-OH is 1. The molecule has 31 heavy (non-hydrogen) atoms. The summed E-state index contributed by atoms with van der Waals surface area (Å²) < 4.78 is 80.5. The van der Waals surface area contributed by atoms with Crippen molar-refractivity contribution in [2.45, 2.75) is 16.2 Å². The fourth-order valence-electron chi connectivity index (χ4n) is 2.84. The minimum Gasteiger partial charge on any atom is -0.399 e. The van der Waals surface area contributed by atoms with Crippen molar-refractivity contribution < 1.29 is 34.9 Å². The van der Waals surface area contributed by atoms with E-state index in [4.69, 9.17) is 15.4 Å². The summed E-state index contributed by atoms with van der Waals surface area (Å²) in [6, 6.07) is 10.4. The smallest absolute Gasteiger partial charge is 0.265 e. The summed E-state index contributed by atoms with van der Waals surface area (Å²) in [5.41, 5.74) is 6.49. The van der Waals surface area contributed by atoms with E-state index in [0.717, 1.165) is 0 Å². The lowest BCUT2D eigenvalue weighted by Gasteiger charge is -2.14. The van der Waals surface area contributed by atoms with E-state index in [9.17, 15) is 25.3 Å².